The van der Waals surface area contributed by atoms with Gasteiger partial charge in [-0.05, 0) is 30.7 Å². The van der Waals surface area contributed by atoms with Crippen molar-refractivity contribution in [2.75, 3.05) is 13.2 Å². The molecule has 24 heavy (non-hydrogen) atoms. The van der Waals surface area contributed by atoms with Crippen molar-refractivity contribution in [3.8, 4) is 0 Å². The molecule has 4 heteroatoms. The minimum atomic E-state index is -0.0641. The molecular weight excluding hydrogens is 302 g/mol. The molecule has 0 aromatic heterocycles. The van der Waals surface area contributed by atoms with Crippen LogP contribution in [-0.2, 0) is 16.0 Å². The first-order valence-electron chi connectivity index (χ1n) is 8.56. The van der Waals surface area contributed by atoms with Crippen LogP contribution >= 0.6 is 0 Å². The first-order chi connectivity index (χ1) is 11.2. The van der Waals surface area contributed by atoms with Crippen molar-refractivity contribution in [3.05, 3.63) is 42.0 Å². The van der Waals surface area contributed by atoms with Crippen LogP contribution in [0, 0.1) is 5.41 Å². The SMILES string of the molecule is C=C(OCC)c1ccc(C[C@@H](CCO)NC(=O)CC(C)(C)C)cc1. The van der Waals surface area contributed by atoms with E-state index in [1.54, 1.807) is 0 Å². The van der Waals surface area contributed by atoms with Crippen molar-refractivity contribution in [1.29, 1.82) is 0 Å². The van der Waals surface area contributed by atoms with Crippen LogP contribution in [0.4, 0.5) is 0 Å². The maximum atomic E-state index is 12.1. The average Bonchev–Trinajstić information content (AvgIpc) is 2.46. The molecule has 0 spiro atoms. The molecule has 0 radical (unpaired) electrons. The molecule has 0 aliphatic heterocycles. The number of hydrogen-bond donors (Lipinski definition) is 2. The van der Waals surface area contributed by atoms with E-state index in [9.17, 15) is 9.90 Å². The van der Waals surface area contributed by atoms with E-state index < -0.39 is 0 Å². The van der Waals surface area contributed by atoms with Gasteiger partial charge in [-0.3, -0.25) is 4.79 Å². The molecule has 1 aromatic carbocycles. The van der Waals surface area contributed by atoms with E-state index in [1.165, 1.54) is 0 Å². The van der Waals surface area contributed by atoms with Crippen LogP contribution in [0.25, 0.3) is 5.76 Å². The summed E-state index contributed by atoms with van der Waals surface area (Å²) in [6, 6.07) is 7.91. The third-order valence-electron chi connectivity index (χ3n) is 3.61. The number of benzene rings is 1. The molecule has 1 amide bonds. The number of aliphatic hydroxyl groups is 1. The van der Waals surface area contributed by atoms with Gasteiger partial charge >= 0.3 is 0 Å². The van der Waals surface area contributed by atoms with Gasteiger partial charge in [0.05, 0.1) is 6.61 Å². The molecule has 1 aromatic rings. The maximum Gasteiger partial charge on any atom is 0.220 e. The molecule has 0 aliphatic rings. The molecule has 1 rings (SSSR count). The second-order valence-electron chi connectivity index (χ2n) is 7.27. The topological polar surface area (TPSA) is 58.6 Å². The lowest BCUT2D eigenvalue weighted by Gasteiger charge is -2.22. The van der Waals surface area contributed by atoms with E-state index in [-0.39, 0.29) is 24.0 Å². The van der Waals surface area contributed by atoms with E-state index in [4.69, 9.17) is 4.74 Å². The molecule has 134 valence electrons. The van der Waals surface area contributed by atoms with Gasteiger partial charge in [0, 0.05) is 24.6 Å². The Kier molecular flexibility index (Phi) is 7.99. The van der Waals surface area contributed by atoms with Gasteiger partial charge in [0.1, 0.15) is 5.76 Å². The zero-order valence-corrected chi connectivity index (χ0v) is 15.4. The zero-order valence-electron chi connectivity index (χ0n) is 15.4. The number of aliphatic hydroxyl groups excluding tert-OH is 1. The van der Waals surface area contributed by atoms with Gasteiger partial charge in [0.2, 0.25) is 5.91 Å². The monoisotopic (exact) mass is 333 g/mol. The Morgan fingerprint density at radius 3 is 2.42 bits per heavy atom. The van der Waals surface area contributed by atoms with E-state index >= 15 is 0 Å². The quantitative estimate of drug-likeness (QED) is 0.680. The zero-order chi connectivity index (χ0) is 18.2. The molecular formula is C20H31NO3. The maximum absolute atomic E-state index is 12.1. The number of nitrogens with one attached hydrogen (secondary N) is 1. The Hall–Kier alpha value is -1.81. The molecule has 0 unspecified atom stereocenters. The fourth-order valence-electron chi connectivity index (χ4n) is 2.51. The number of carbonyl (C=O) groups excluding carboxylic acids is 1. The third kappa shape index (κ3) is 7.64. The van der Waals surface area contributed by atoms with Gasteiger partial charge in [0.25, 0.3) is 0 Å². The molecule has 0 aliphatic carbocycles. The number of ether oxygens (including phenoxy) is 1. The number of amides is 1. The smallest absolute Gasteiger partial charge is 0.220 e. The van der Waals surface area contributed by atoms with Gasteiger partial charge < -0.3 is 15.2 Å². The standard InChI is InChI=1S/C20H31NO3/c1-6-24-15(2)17-9-7-16(8-10-17)13-18(11-12-22)21-19(23)14-20(3,4)5/h7-10,18,22H,2,6,11-14H2,1,3-5H3,(H,21,23)/t18-/m1/s1. The van der Waals surface area contributed by atoms with Gasteiger partial charge in [0.15, 0.2) is 0 Å². The average molecular weight is 333 g/mol. The van der Waals surface area contributed by atoms with Crippen LogP contribution in [-0.4, -0.2) is 30.3 Å². The van der Waals surface area contributed by atoms with Crippen molar-refractivity contribution in [3.63, 3.8) is 0 Å². The summed E-state index contributed by atoms with van der Waals surface area (Å²) in [7, 11) is 0. The van der Waals surface area contributed by atoms with Crippen molar-refractivity contribution in [1.82, 2.24) is 5.32 Å². The summed E-state index contributed by atoms with van der Waals surface area (Å²) in [5, 5.41) is 12.3. The second kappa shape index (κ2) is 9.48. The molecule has 2 N–H and O–H groups in total. The Morgan fingerprint density at radius 2 is 1.92 bits per heavy atom. The summed E-state index contributed by atoms with van der Waals surface area (Å²) in [6.07, 6.45) is 1.71. The summed E-state index contributed by atoms with van der Waals surface area (Å²) < 4.78 is 5.40. The van der Waals surface area contributed by atoms with Gasteiger partial charge in [-0.1, -0.05) is 51.6 Å². The Labute approximate surface area is 145 Å². The van der Waals surface area contributed by atoms with Crippen molar-refractivity contribution in [2.45, 2.75) is 53.0 Å². The lowest BCUT2D eigenvalue weighted by molar-refractivity contribution is -0.123. The van der Waals surface area contributed by atoms with Crippen molar-refractivity contribution in [2.24, 2.45) is 5.41 Å². The van der Waals surface area contributed by atoms with E-state index in [0.29, 0.717) is 31.6 Å². The molecule has 4 nitrogen and oxygen atoms in total. The Balaban J connectivity index is 2.67. The number of hydrogen-bond acceptors (Lipinski definition) is 3. The molecule has 0 heterocycles. The minimum absolute atomic E-state index is 0.0299. The normalized spacial score (nSPS) is 12.5. The second-order valence-corrected chi connectivity index (χ2v) is 7.27. The van der Waals surface area contributed by atoms with Crippen molar-refractivity contribution < 1.29 is 14.6 Å². The first-order valence-corrected chi connectivity index (χ1v) is 8.56. The Morgan fingerprint density at radius 1 is 1.29 bits per heavy atom. The summed E-state index contributed by atoms with van der Waals surface area (Å²) >= 11 is 0. The van der Waals surface area contributed by atoms with E-state index in [1.807, 2.05) is 52.0 Å². The fourth-order valence-corrected chi connectivity index (χ4v) is 2.51. The highest BCUT2D eigenvalue weighted by molar-refractivity contribution is 5.76. The highest BCUT2D eigenvalue weighted by atomic mass is 16.5. The van der Waals surface area contributed by atoms with Crippen LogP contribution in [0.15, 0.2) is 30.8 Å². The third-order valence-corrected chi connectivity index (χ3v) is 3.61. The lowest BCUT2D eigenvalue weighted by atomic mass is 9.91. The highest BCUT2D eigenvalue weighted by Crippen LogP contribution is 2.19. The number of rotatable bonds is 9. The molecule has 0 saturated heterocycles. The predicted molar refractivity (Wildman–Crippen MR) is 98.5 cm³/mol. The summed E-state index contributed by atoms with van der Waals surface area (Å²) in [4.78, 5) is 12.1. The van der Waals surface area contributed by atoms with Gasteiger partial charge in [-0.15, -0.1) is 0 Å². The van der Waals surface area contributed by atoms with Crippen LogP contribution in [0.1, 0.15) is 51.7 Å². The summed E-state index contributed by atoms with van der Waals surface area (Å²) in [6.45, 7) is 12.6. The largest absolute Gasteiger partial charge is 0.494 e. The van der Waals surface area contributed by atoms with Crippen LogP contribution in [0.5, 0.6) is 0 Å². The predicted octanol–water partition coefficient (Wildman–Crippen LogP) is 3.54. The van der Waals surface area contributed by atoms with E-state index in [0.717, 1.165) is 11.1 Å². The fraction of sp³-hybridized carbons (Fsp3) is 0.550. The first kappa shape index (κ1) is 20.2. The van der Waals surface area contributed by atoms with Crippen LogP contribution in [0.3, 0.4) is 0 Å². The summed E-state index contributed by atoms with van der Waals surface area (Å²) in [5.41, 5.74) is 2.02. The van der Waals surface area contributed by atoms with Crippen LogP contribution < -0.4 is 5.32 Å². The van der Waals surface area contributed by atoms with Crippen LogP contribution in [0.2, 0.25) is 0 Å². The molecule has 0 saturated carbocycles. The summed E-state index contributed by atoms with van der Waals surface area (Å²) in [5.74, 6) is 0.691. The molecule has 1 atom stereocenters. The molecule has 0 bridgehead atoms. The van der Waals surface area contributed by atoms with Gasteiger partial charge in [-0.2, -0.15) is 0 Å². The molecule has 0 fully saturated rings. The van der Waals surface area contributed by atoms with Crippen molar-refractivity contribution >= 4 is 11.7 Å². The van der Waals surface area contributed by atoms with E-state index in [2.05, 4.69) is 11.9 Å². The lowest BCUT2D eigenvalue weighted by Crippen LogP contribution is -2.38. The Bertz CT molecular complexity index is 529. The van der Waals surface area contributed by atoms with Gasteiger partial charge in [-0.25, -0.2) is 0 Å². The number of carbonyl (C=O) groups is 1. The minimum Gasteiger partial charge on any atom is -0.494 e. The highest BCUT2D eigenvalue weighted by Gasteiger charge is 2.19.